The molecule has 15 heteroatoms. The van der Waals surface area contributed by atoms with Crippen LogP contribution in [0.5, 0.6) is 0 Å². The van der Waals surface area contributed by atoms with Crippen LogP contribution in [0.3, 0.4) is 0 Å². The number of hydrogen-bond acceptors (Lipinski definition) is 7. The highest BCUT2D eigenvalue weighted by molar-refractivity contribution is 7.89. The molecule has 0 aliphatic rings. The predicted octanol–water partition coefficient (Wildman–Crippen LogP) is 4.50. The number of anilines is 2. The molecule has 2 heterocycles. The van der Waals surface area contributed by atoms with E-state index in [1.165, 1.54) is 36.5 Å². The third-order valence-corrected chi connectivity index (χ3v) is 5.82. The smallest absolute Gasteiger partial charge is 0.324 e. The van der Waals surface area contributed by atoms with Crippen molar-refractivity contribution >= 4 is 39.2 Å². The number of carbonyl (C=O) groups is 1. The van der Waals surface area contributed by atoms with Gasteiger partial charge in [-0.25, -0.2) is 27.2 Å². The summed E-state index contributed by atoms with van der Waals surface area (Å²) in [6.07, 6.45) is -1.35. The second kappa shape index (κ2) is 10.4. The summed E-state index contributed by atoms with van der Waals surface area (Å²) >= 11 is 5.80. The fourth-order valence-corrected chi connectivity index (χ4v) is 3.98. The second-order valence-electron chi connectivity index (χ2n) is 8.02. The zero-order chi connectivity index (χ0) is 27.7. The number of benzene rings is 2. The van der Waals surface area contributed by atoms with Crippen LogP contribution in [0, 0.1) is 5.82 Å². The highest BCUT2D eigenvalue weighted by Gasteiger charge is 2.34. The molecule has 0 atom stereocenters. The first-order valence-corrected chi connectivity index (χ1v) is 12.9. The van der Waals surface area contributed by atoms with Gasteiger partial charge in [0.2, 0.25) is 16.0 Å². The van der Waals surface area contributed by atoms with Crippen LogP contribution in [0.4, 0.5) is 29.2 Å². The Morgan fingerprint density at radius 2 is 1.89 bits per heavy atom. The number of nitrogens with zero attached hydrogens (tertiary/aromatic N) is 4. The Kier molecular flexibility index (Phi) is 7.37. The fraction of sp³-hybridized carbons (Fsp3) is 0.130. The normalized spacial score (nSPS) is 11.8. The molecule has 9 nitrogen and oxygen atoms in total. The molecular weight excluding hydrogens is 552 g/mol. The van der Waals surface area contributed by atoms with Gasteiger partial charge in [0, 0.05) is 35.6 Å². The Labute approximate surface area is 218 Å². The van der Waals surface area contributed by atoms with Crippen molar-refractivity contribution in [2.24, 2.45) is 0 Å². The van der Waals surface area contributed by atoms with Crippen molar-refractivity contribution in [3.8, 4) is 5.82 Å². The van der Waals surface area contributed by atoms with Crippen LogP contribution in [0.15, 0.2) is 60.9 Å². The second-order valence-corrected chi connectivity index (χ2v) is 10.2. The van der Waals surface area contributed by atoms with Crippen LogP contribution in [0.1, 0.15) is 27.2 Å². The number of aromatic nitrogens is 4. The summed E-state index contributed by atoms with van der Waals surface area (Å²) in [6.45, 7) is 0. The van der Waals surface area contributed by atoms with Gasteiger partial charge in [0.05, 0.1) is 11.3 Å². The maximum Gasteiger partial charge on any atom is 0.435 e. The molecule has 0 saturated heterocycles. The highest BCUT2D eigenvalue weighted by Crippen LogP contribution is 2.29. The number of nitrogens with one attached hydrogen (secondary N) is 2. The standard InChI is InChI=1S/C23H17ClF4N6O3S/c1-38(36,37)33-21(35)14-4-2-3-13(9-14)10-15-12-29-22(30-16-5-6-18(25)17(24)11-16)31-20(15)34-8-7-19(32-34)23(26,27)28/h2-9,11-12H,10H2,1H3,(H,33,35)(H,29,30,31). The molecule has 2 aromatic carbocycles. The Hall–Kier alpha value is -4.04. The first kappa shape index (κ1) is 27.0. The average Bonchev–Trinajstić information content (AvgIpc) is 3.32. The van der Waals surface area contributed by atoms with Crippen molar-refractivity contribution in [3.05, 3.63) is 94.1 Å². The van der Waals surface area contributed by atoms with E-state index >= 15 is 0 Å². The van der Waals surface area contributed by atoms with Crippen LogP contribution in [0.2, 0.25) is 5.02 Å². The Morgan fingerprint density at radius 1 is 1.13 bits per heavy atom. The number of rotatable bonds is 7. The highest BCUT2D eigenvalue weighted by atomic mass is 35.5. The lowest BCUT2D eigenvalue weighted by atomic mass is 10.0. The molecule has 0 aliphatic heterocycles. The number of amides is 1. The molecule has 0 spiro atoms. The van der Waals surface area contributed by atoms with Crippen molar-refractivity contribution in [1.82, 2.24) is 24.5 Å². The molecule has 0 bridgehead atoms. The van der Waals surface area contributed by atoms with Crippen molar-refractivity contribution in [1.29, 1.82) is 0 Å². The fourth-order valence-electron chi connectivity index (χ4n) is 3.35. The molecule has 198 valence electrons. The number of halogens is 5. The molecule has 0 unspecified atom stereocenters. The molecule has 2 N–H and O–H groups in total. The molecule has 1 amide bonds. The van der Waals surface area contributed by atoms with Gasteiger partial charge in [0.15, 0.2) is 11.5 Å². The maximum absolute atomic E-state index is 13.5. The monoisotopic (exact) mass is 568 g/mol. The number of sulfonamides is 1. The molecule has 4 rings (SSSR count). The third kappa shape index (κ3) is 6.63. The minimum absolute atomic E-state index is 0.00259. The molecule has 38 heavy (non-hydrogen) atoms. The first-order chi connectivity index (χ1) is 17.8. The zero-order valence-electron chi connectivity index (χ0n) is 19.3. The SMILES string of the molecule is CS(=O)(=O)NC(=O)c1cccc(Cc2cnc(Nc3ccc(F)c(Cl)c3)nc2-n2ccc(C(F)(F)F)n2)c1. The van der Waals surface area contributed by atoms with Gasteiger partial charge in [-0.1, -0.05) is 23.7 Å². The number of hydrogen-bond donors (Lipinski definition) is 2. The minimum atomic E-state index is -4.69. The van der Waals surface area contributed by atoms with Crippen LogP contribution >= 0.6 is 11.6 Å². The molecule has 0 saturated carbocycles. The van der Waals surface area contributed by atoms with Gasteiger partial charge in [0.25, 0.3) is 5.91 Å². The van der Waals surface area contributed by atoms with Crippen LogP contribution in [0.25, 0.3) is 5.82 Å². The number of alkyl halides is 3. The van der Waals surface area contributed by atoms with E-state index in [0.717, 1.165) is 29.3 Å². The van der Waals surface area contributed by atoms with E-state index in [2.05, 4.69) is 20.4 Å². The van der Waals surface area contributed by atoms with Crippen molar-refractivity contribution in [2.75, 3.05) is 11.6 Å². The van der Waals surface area contributed by atoms with Crippen molar-refractivity contribution in [2.45, 2.75) is 12.6 Å². The van der Waals surface area contributed by atoms with Crippen molar-refractivity contribution in [3.63, 3.8) is 0 Å². The molecule has 0 aliphatic carbocycles. The van der Waals surface area contributed by atoms with E-state index in [9.17, 15) is 30.8 Å². The Balaban J connectivity index is 1.71. The minimum Gasteiger partial charge on any atom is -0.324 e. The Morgan fingerprint density at radius 3 is 2.55 bits per heavy atom. The van der Waals surface area contributed by atoms with Gasteiger partial charge < -0.3 is 5.32 Å². The summed E-state index contributed by atoms with van der Waals surface area (Å²) in [4.78, 5) is 20.7. The predicted molar refractivity (Wildman–Crippen MR) is 130 cm³/mol. The topological polar surface area (TPSA) is 119 Å². The van der Waals surface area contributed by atoms with Gasteiger partial charge in [-0.2, -0.15) is 23.3 Å². The van der Waals surface area contributed by atoms with Crippen LogP contribution < -0.4 is 10.0 Å². The van der Waals surface area contributed by atoms with E-state index in [-0.39, 0.29) is 28.8 Å². The Bertz CT molecular complexity index is 1630. The number of carbonyl (C=O) groups excluding carboxylic acids is 1. The lowest BCUT2D eigenvalue weighted by Gasteiger charge is -2.13. The average molecular weight is 569 g/mol. The lowest BCUT2D eigenvalue weighted by Crippen LogP contribution is -2.29. The summed E-state index contributed by atoms with van der Waals surface area (Å²) < 4.78 is 78.7. The van der Waals surface area contributed by atoms with E-state index in [4.69, 9.17) is 11.6 Å². The van der Waals surface area contributed by atoms with Gasteiger partial charge in [-0.3, -0.25) is 4.79 Å². The van der Waals surface area contributed by atoms with E-state index < -0.39 is 33.6 Å². The van der Waals surface area contributed by atoms with Gasteiger partial charge >= 0.3 is 6.18 Å². The lowest BCUT2D eigenvalue weighted by molar-refractivity contribution is -0.141. The summed E-state index contributed by atoms with van der Waals surface area (Å²) in [6, 6.07) is 10.6. The molecular formula is C23H17ClF4N6O3S. The van der Waals surface area contributed by atoms with Gasteiger partial charge in [0.1, 0.15) is 5.82 Å². The molecule has 0 fully saturated rings. The zero-order valence-corrected chi connectivity index (χ0v) is 20.9. The molecule has 0 radical (unpaired) electrons. The van der Waals surface area contributed by atoms with E-state index in [0.29, 0.717) is 16.8 Å². The van der Waals surface area contributed by atoms with Gasteiger partial charge in [-0.15, -0.1) is 0 Å². The summed E-state index contributed by atoms with van der Waals surface area (Å²) in [5.41, 5.74) is 0.105. The quantitative estimate of drug-likeness (QED) is 0.315. The van der Waals surface area contributed by atoms with E-state index in [1.807, 2.05) is 4.72 Å². The van der Waals surface area contributed by atoms with Crippen molar-refractivity contribution < 1.29 is 30.8 Å². The van der Waals surface area contributed by atoms with Crippen LogP contribution in [-0.4, -0.2) is 40.3 Å². The first-order valence-electron chi connectivity index (χ1n) is 10.6. The van der Waals surface area contributed by atoms with Gasteiger partial charge in [-0.05, 0) is 42.0 Å². The van der Waals surface area contributed by atoms with Crippen LogP contribution in [-0.2, 0) is 22.6 Å². The summed E-state index contributed by atoms with van der Waals surface area (Å²) in [5, 5.41) is 6.24. The summed E-state index contributed by atoms with van der Waals surface area (Å²) in [5.74, 6) is -1.52. The molecule has 4 aromatic rings. The molecule has 2 aromatic heterocycles. The largest absolute Gasteiger partial charge is 0.435 e. The maximum atomic E-state index is 13.5. The van der Waals surface area contributed by atoms with E-state index in [1.54, 1.807) is 6.07 Å². The summed E-state index contributed by atoms with van der Waals surface area (Å²) in [7, 11) is -3.79. The third-order valence-electron chi connectivity index (χ3n) is 4.98.